The largest absolute Gasteiger partial charge is 0.289 e. The third-order valence-electron chi connectivity index (χ3n) is 5.70. The van der Waals surface area contributed by atoms with Crippen LogP contribution in [0.1, 0.15) is 48.6 Å². The van der Waals surface area contributed by atoms with E-state index in [0.29, 0.717) is 0 Å². The summed E-state index contributed by atoms with van der Waals surface area (Å²) in [5.74, 6) is 0.174. The fourth-order valence-corrected chi connectivity index (χ4v) is 3.56. The first-order valence-electron chi connectivity index (χ1n) is 7.86. The number of benzene rings is 1. The number of Topliss-reactive ketones (excluding diaryl/α,β-unsaturated/α-hetero) is 1. The van der Waals surface area contributed by atoms with E-state index < -0.39 is 0 Å². The molecule has 0 bridgehead atoms. The lowest BCUT2D eigenvalue weighted by Crippen LogP contribution is -2.24. The van der Waals surface area contributed by atoms with E-state index in [1.807, 2.05) is 20.8 Å². The number of hydrogen-bond donors (Lipinski definition) is 0. The molecule has 0 unspecified atom stereocenters. The van der Waals surface area contributed by atoms with E-state index in [4.69, 9.17) is 4.99 Å². The van der Waals surface area contributed by atoms with Gasteiger partial charge in [-0.3, -0.25) is 4.79 Å². The van der Waals surface area contributed by atoms with Crippen LogP contribution < -0.4 is 0 Å². The van der Waals surface area contributed by atoms with Gasteiger partial charge in [0.2, 0.25) is 0 Å². The quantitative estimate of drug-likeness (QED) is 0.633. The molecule has 0 fully saturated rings. The minimum atomic E-state index is 0.174. The maximum Gasteiger partial charge on any atom is 0.185 e. The predicted octanol–water partition coefficient (Wildman–Crippen LogP) is 4.78. The summed E-state index contributed by atoms with van der Waals surface area (Å²) in [6.07, 6.45) is 0.824. The number of carbonyl (C=O) groups is 1. The summed E-state index contributed by atoms with van der Waals surface area (Å²) in [5, 5.41) is 0. The lowest BCUT2D eigenvalue weighted by Gasteiger charge is -2.29. The second-order valence-corrected chi connectivity index (χ2v) is 6.65. The summed E-state index contributed by atoms with van der Waals surface area (Å²) in [4.78, 5) is 17.4. The van der Waals surface area contributed by atoms with Crippen molar-refractivity contribution < 1.29 is 4.79 Å². The van der Waals surface area contributed by atoms with Gasteiger partial charge in [-0.15, -0.1) is 0 Å². The summed E-state index contributed by atoms with van der Waals surface area (Å²) in [5.41, 5.74) is 12.5. The molecule has 0 atom stereocenters. The Labute approximate surface area is 132 Å². The number of fused-ring (bicyclic) bond motifs is 2. The zero-order chi connectivity index (χ0) is 16.3. The molecule has 1 heterocycles. The van der Waals surface area contributed by atoms with Gasteiger partial charge < -0.3 is 0 Å². The standard InChI is InChI=1S/C20H23NO/c1-9-10(2)12(4)18-16(11(9)3)8-17-15(7)20(22)14(6)13(5)19(17)21-18/h8H2,1-7H3. The third kappa shape index (κ3) is 1.79. The molecule has 0 amide bonds. The molecular weight excluding hydrogens is 270 g/mol. The van der Waals surface area contributed by atoms with Gasteiger partial charge in [-0.05, 0) is 87.4 Å². The van der Waals surface area contributed by atoms with Crippen molar-refractivity contribution in [3.63, 3.8) is 0 Å². The maximum absolute atomic E-state index is 12.4. The average molecular weight is 293 g/mol. The molecule has 0 spiro atoms. The topological polar surface area (TPSA) is 29.4 Å². The van der Waals surface area contributed by atoms with E-state index in [1.54, 1.807) is 0 Å². The van der Waals surface area contributed by atoms with Crippen LogP contribution in [-0.4, -0.2) is 11.5 Å². The Morgan fingerprint density at radius 2 is 1.32 bits per heavy atom. The van der Waals surface area contributed by atoms with Crippen molar-refractivity contribution in [3.05, 3.63) is 50.1 Å². The second-order valence-electron chi connectivity index (χ2n) is 6.65. The molecular formula is C20H23NO. The Morgan fingerprint density at radius 3 is 1.95 bits per heavy atom. The lowest BCUT2D eigenvalue weighted by atomic mass is 9.78. The van der Waals surface area contributed by atoms with E-state index in [0.717, 1.165) is 40.1 Å². The first-order chi connectivity index (χ1) is 10.3. The first kappa shape index (κ1) is 15.0. The minimum absolute atomic E-state index is 0.174. The Bertz CT molecular complexity index is 832. The molecule has 114 valence electrons. The predicted molar refractivity (Wildman–Crippen MR) is 92.3 cm³/mol. The zero-order valence-electron chi connectivity index (χ0n) is 14.6. The van der Waals surface area contributed by atoms with Crippen LogP contribution in [0.15, 0.2) is 27.3 Å². The van der Waals surface area contributed by atoms with E-state index in [1.165, 1.54) is 27.8 Å². The van der Waals surface area contributed by atoms with Gasteiger partial charge in [-0.1, -0.05) is 0 Å². The lowest BCUT2D eigenvalue weighted by molar-refractivity contribution is -0.112. The number of carbonyl (C=O) groups excluding carboxylic acids is 1. The molecule has 1 aromatic carbocycles. The molecule has 22 heavy (non-hydrogen) atoms. The Morgan fingerprint density at radius 1 is 0.727 bits per heavy atom. The van der Waals surface area contributed by atoms with Crippen molar-refractivity contribution in [1.29, 1.82) is 0 Å². The van der Waals surface area contributed by atoms with Crippen LogP contribution in [0.5, 0.6) is 0 Å². The highest BCUT2D eigenvalue weighted by molar-refractivity contribution is 6.27. The molecule has 2 nitrogen and oxygen atoms in total. The Kier molecular flexibility index (Phi) is 3.24. The fraction of sp³-hybridized carbons (Fsp3) is 0.400. The molecule has 0 radical (unpaired) electrons. The highest BCUT2D eigenvalue weighted by Crippen LogP contribution is 2.41. The van der Waals surface area contributed by atoms with Crippen molar-refractivity contribution in [1.82, 2.24) is 0 Å². The minimum Gasteiger partial charge on any atom is -0.289 e. The molecule has 0 saturated carbocycles. The van der Waals surface area contributed by atoms with Gasteiger partial charge in [0.1, 0.15) is 0 Å². The number of aliphatic imine (C=N–C) groups is 1. The summed E-state index contributed by atoms with van der Waals surface area (Å²) < 4.78 is 0. The van der Waals surface area contributed by atoms with Gasteiger partial charge in [0.25, 0.3) is 0 Å². The van der Waals surface area contributed by atoms with Crippen molar-refractivity contribution in [2.75, 3.05) is 0 Å². The number of rotatable bonds is 0. The van der Waals surface area contributed by atoms with Gasteiger partial charge in [-0.2, -0.15) is 0 Å². The number of allylic oxidation sites excluding steroid dienone is 4. The zero-order valence-corrected chi connectivity index (χ0v) is 14.6. The number of nitrogens with zero attached hydrogens (tertiary/aromatic N) is 1. The van der Waals surface area contributed by atoms with Crippen molar-refractivity contribution in [3.8, 4) is 0 Å². The molecule has 0 saturated heterocycles. The maximum atomic E-state index is 12.4. The van der Waals surface area contributed by atoms with Crippen LogP contribution in [0.3, 0.4) is 0 Å². The van der Waals surface area contributed by atoms with Crippen LogP contribution in [0.25, 0.3) is 0 Å². The highest BCUT2D eigenvalue weighted by atomic mass is 16.1. The summed E-state index contributed by atoms with van der Waals surface area (Å²) in [7, 11) is 0. The van der Waals surface area contributed by atoms with Crippen LogP contribution in [-0.2, 0) is 11.2 Å². The molecule has 1 aliphatic carbocycles. The van der Waals surface area contributed by atoms with E-state index in [2.05, 4.69) is 27.7 Å². The smallest absolute Gasteiger partial charge is 0.185 e. The van der Waals surface area contributed by atoms with E-state index >= 15 is 0 Å². The van der Waals surface area contributed by atoms with Gasteiger partial charge in [0, 0.05) is 17.6 Å². The first-order valence-corrected chi connectivity index (χ1v) is 7.86. The van der Waals surface area contributed by atoms with Gasteiger partial charge in [-0.25, -0.2) is 4.99 Å². The van der Waals surface area contributed by atoms with Crippen molar-refractivity contribution in [2.24, 2.45) is 4.99 Å². The SMILES string of the molecule is CC1=C(C)C2=Nc3c(C)c(C)c(C)c(C)c3CC2=C(C)C1=O. The normalized spacial score (nSPS) is 17.6. The molecule has 0 N–H and O–H groups in total. The van der Waals surface area contributed by atoms with Crippen molar-refractivity contribution >= 4 is 17.2 Å². The molecule has 1 aromatic rings. The van der Waals surface area contributed by atoms with Crippen LogP contribution in [0.2, 0.25) is 0 Å². The summed E-state index contributed by atoms with van der Waals surface area (Å²) in [6.45, 7) is 14.6. The second kappa shape index (κ2) is 4.77. The molecule has 0 aromatic heterocycles. The summed E-state index contributed by atoms with van der Waals surface area (Å²) in [6, 6.07) is 0. The van der Waals surface area contributed by atoms with Crippen LogP contribution in [0, 0.1) is 27.7 Å². The Hall–Kier alpha value is -1.96. The molecule has 3 rings (SSSR count). The third-order valence-corrected chi connectivity index (χ3v) is 5.70. The molecule has 1 aliphatic heterocycles. The van der Waals surface area contributed by atoms with E-state index in [9.17, 15) is 4.79 Å². The molecule has 2 aliphatic rings. The van der Waals surface area contributed by atoms with E-state index in [-0.39, 0.29) is 5.78 Å². The molecule has 2 heteroatoms. The summed E-state index contributed by atoms with van der Waals surface area (Å²) >= 11 is 0. The monoisotopic (exact) mass is 293 g/mol. The Balaban J connectivity index is 2.37. The van der Waals surface area contributed by atoms with Gasteiger partial charge in [0.05, 0.1) is 11.4 Å². The fourth-order valence-electron chi connectivity index (χ4n) is 3.56. The van der Waals surface area contributed by atoms with Crippen LogP contribution in [0.4, 0.5) is 5.69 Å². The number of hydrogen-bond acceptors (Lipinski definition) is 2. The van der Waals surface area contributed by atoms with Crippen LogP contribution >= 0.6 is 0 Å². The van der Waals surface area contributed by atoms with Crippen molar-refractivity contribution in [2.45, 2.75) is 54.9 Å². The number of ketones is 1. The average Bonchev–Trinajstić information content (AvgIpc) is 2.52. The van der Waals surface area contributed by atoms with Gasteiger partial charge in [0.15, 0.2) is 5.78 Å². The highest BCUT2D eigenvalue weighted by Gasteiger charge is 2.31. The van der Waals surface area contributed by atoms with Gasteiger partial charge >= 0.3 is 0 Å².